The Balaban J connectivity index is 1.24. The molecule has 1 fully saturated rings. The highest BCUT2D eigenvalue weighted by atomic mass is 35.5. The van der Waals surface area contributed by atoms with E-state index in [9.17, 15) is 85.5 Å². The number of benzene rings is 3. The lowest BCUT2D eigenvalue weighted by molar-refractivity contribution is -0.143. The van der Waals surface area contributed by atoms with Crippen molar-refractivity contribution in [3.05, 3.63) is 128 Å². The van der Waals surface area contributed by atoms with E-state index in [1.165, 1.54) is 40.7 Å². The summed E-state index contributed by atoms with van der Waals surface area (Å²) in [5.74, 6) is -11.0. The molecule has 484 valence electrons. The molecule has 0 saturated heterocycles. The highest BCUT2D eigenvalue weighted by Gasteiger charge is 2.68. The summed E-state index contributed by atoms with van der Waals surface area (Å²) in [6, 6.07) is 7.02. The van der Waals surface area contributed by atoms with Gasteiger partial charge in [-0.2, -0.15) is 45.3 Å². The number of sulfone groups is 1. The smallest absolute Gasteiger partial charge is 0.480 e. The van der Waals surface area contributed by atoms with Crippen LogP contribution < -0.4 is 19.9 Å². The maximum Gasteiger partial charge on any atom is 0.524 e. The summed E-state index contributed by atoms with van der Waals surface area (Å²) in [6.07, 6.45) is -12.2. The number of nitrogens with one attached hydrogen (secondary N) is 3. The van der Waals surface area contributed by atoms with Gasteiger partial charge >= 0.3 is 26.1 Å². The van der Waals surface area contributed by atoms with Crippen LogP contribution >= 0.6 is 19.4 Å². The molecule has 35 heteroatoms. The Labute approximate surface area is 510 Å². The summed E-state index contributed by atoms with van der Waals surface area (Å²) in [5, 5.41) is 20.0. The molecular weight excluding hydrogens is 1300 g/mol. The van der Waals surface area contributed by atoms with Gasteiger partial charge in [-0.3, -0.25) is 43.1 Å². The lowest BCUT2D eigenvalue weighted by atomic mass is 9.77. The molecule has 0 unspecified atom stereocenters. The number of nitrogens with zero attached hydrogens (tertiary/aromatic N) is 5. The number of carbonyl (C=O) groups excluding carboxylic acids is 3. The van der Waals surface area contributed by atoms with Crippen molar-refractivity contribution in [1.82, 2.24) is 39.9 Å². The van der Waals surface area contributed by atoms with Gasteiger partial charge in [0.05, 0.1) is 34.4 Å². The predicted molar refractivity (Wildman–Crippen MR) is 299 cm³/mol. The van der Waals surface area contributed by atoms with Crippen LogP contribution in [0.25, 0.3) is 22.0 Å². The summed E-state index contributed by atoms with van der Waals surface area (Å²) in [6.45, 7) is 2.23. The second-order valence-corrected chi connectivity index (χ2v) is 28.6. The zero-order chi connectivity index (χ0) is 67.0. The second-order valence-electron chi connectivity index (χ2n) is 22.7. The molecule has 2 aliphatic rings. The van der Waals surface area contributed by atoms with Crippen LogP contribution in [0.2, 0.25) is 5.02 Å². The van der Waals surface area contributed by atoms with Gasteiger partial charge in [-0.05, 0) is 98.5 Å². The van der Waals surface area contributed by atoms with E-state index in [1.807, 2.05) is 0 Å². The number of aryl methyl sites for hydroxylation is 1. The number of carboxylic acid groups (broad SMARTS) is 1. The van der Waals surface area contributed by atoms with Gasteiger partial charge < -0.3 is 20.3 Å². The van der Waals surface area contributed by atoms with Crippen molar-refractivity contribution in [2.75, 3.05) is 12.8 Å². The average Bonchev–Trinajstić information content (AvgIpc) is 1.52. The SMILES string of the molecule is Cc1cc(CC(=O)NCC(=O)O)c(C(C)(C)CC(=O)NS(=O)(=O)Cc2nn(CC(F)(F)F)c3c(-c4ccc(C#CC(C)(C)S(C)(=O)=O)nc4[C@H](Cc4cc(F)cc(F)c4)NC(=O)Cn4nc(C(F)(F)F)c5c4C(F)(F)[C@@H]4C[C@H]54)ccc(Cl)c23)c(OP(=O)(O)O)c1. The Morgan fingerprint density at radius 1 is 0.900 bits per heavy atom. The van der Waals surface area contributed by atoms with Gasteiger partial charge in [0.1, 0.15) is 58.9 Å². The number of halogens is 11. The summed E-state index contributed by atoms with van der Waals surface area (Å²) in [7, 11) is -14.5. The molecule has 3 aromatic carbocycles. The fourth-order valence-electron chi connectivity index (χ4n) is 10.7. The molecule has 1 saturated carbocycles. The number of rotatable bonds is 21. The number of sulfonamides is 1. The van der Waals surface area contributed by atoms with Crippen molar-refractivity contribution in [2.24, 2.45) is 5.92 Å². The van der Waals surface area contributed by atoms with E-state index in [4.69, 9.17) is 21.2 Å². The van der Waals surface area contributed by atoms with Gasteiger partial charge in [-0.25, -0.2) is 35.2 Å². The molecule has 3 atom stereocenters. The first-order chi connectivity index (χ1) is 41.2. The first-order valence-corrected chi connectivity index (χ1v) is 31.9. The molecular formula is C55H52ClF10N8O13PS2. The van der Waals surface area contributed by atoms with E-state index in [0.717, 1.165) is 48.7 Å². The molecule has 0 bridgehead atoms. The van der Waals surface area contributed by atoms with Crippen LogP contribution in [0.15, 0.2) is 54.6 Å². The van der Waals surface area contributed by atoms with Gasteiger partial charge in [0.2, 0.25) is 27.7 Å². The Kier molecular flexibility index (Phi) is 18.4. The van der Waals surface area contributed by atoms with Crippen LogP contribution in [0.1, 0.15) is 109 Å². The Bertz CT molecular complexity index is 4290. The Hall–Kier alpha value is -7.63. The number of carbonyl (C=O) groups is 4. The second kappa shape index (κ2) is 24.2. The Morgan fingerprint density at radius 3 is 2.14 bits per heavy atom. The molecule has 3 amide bonds. The molecule has 0 aliphatic heterocycles. The van der Waals surface area contributed by atoms with Gasteiger partial charge in [-0.1, -0.05) is 43.5 Å². The zero-order valence-electron chi connectivity index (χ0n) is 47.7. The normalized spacial score (nSPS) is 16.2. The number of pyridine rings is 1. The minimum Gasteiger partial charge on any atom is -0.480 e. The summed E-state index contributed by atoms with van der Waals surface area (Å²) < 4.78 is 220. The first-order valence-electron chi connectivity index (χ1n) is 26.4. The fraction of sp³-hybridized carbons (Fsp3) is 0.400. The van der Waals surface area contributed by atoms with Gasteiger partial charge in [-0.15, -0.1) is 0 Å². The third-order valence-electron chi connectivity index (χ3n) is 14.6. The van der Waals surface area contributed by atoms with Gasteiger partial charge in [0, 0.05) is 57.7 Å². The maximum atomic E-state index is 15.7. The van der Waals surface area contributed by atoms with Crippen molar-refractivity contribution in [1.29, 1.82) is 0 Å². The number of carboxylic acids is 1. The van der Waals surface area contributed by atoms with Crippen LogP contribution in [0.4, 0.5) is 43.9 Å². The number of amides is 3. The summed E-state index contributed by atoms with van der Waals surface area (Å²) in [4.78, 5) is 76.4. The lowest BCUT2D eigenvalue weighted by Gasteiger charge is -2.30. The van der Waals surface area contributed by atoms with Crippen LogP contribution in [0, 0.1) is 36.3 Å². The van der Waals surface area contributed by atoms with Crippen LogP contribution in [-0.2, 0) is 92.8 Å². The van der Waals surface area contributed by atoms with Crippen LogP contribution in [0.3, 0.4) is 0 Å². The largest absolute Gasteiger partial charge is 0.524 e. The van der Waals surface area contributed by atoms with Crippen molar-refractivity contribution in [3.8, 4) is 28.7 Å². The van der Waals surface area contributed by atoms with Crippen molar-refractivity contribution < 1.29 is 104 Å². The van der Waals surface area contributed by atoms with E-state index in [2.05, 4.69) is 37.7 Å². The highest BCUT2D eigenvalue weighted by molar-refractivity contribution is 7.92. The summed E-state index contributed by atoms with van der Waals surface area (Å²) in [5.41, 5.74) is -8.70. The molecule has 8 rings (SSSR count). The molecule has 2 aliphatic carbocycles. The maximum absolute atomic E-state index is 15.7. The minimum atomic E-state index is -5.41. The molecule has 6 N–H and O–H groups in total. The molecule has 6 aromatic rings. The lowest BCUT2D eigenvalue weighted by Crippen LogP contribution is -2.37. The highest BCUT2D eigenvalue weighted by Crippen LogP contribution is 2.68. The monoisotopic (exact) mass is 1350 g/mol. The van der Waals surface area contributed by atoms with E-state index in [0.29, 0.717) is 6.07 Å². The number of aromatic nitrogens is 5. The number of phosphoric ester groups is 1. The topological polar surface area (TPSA) is 308 Å². The summed E-state index contributed by atoms with van der Waals surface area (Å²) >= 11 is 6.70. The van der Waals surface area contributed by atoms with E-state index in [1.54, 1.807) is 4.72 Å². The van der Waals surface area contributed by atoms with Crippen LogP contribution in [0.5, 0.6) is 5.75 Å². The molecule has 0 radical (unpaired) electrons. The van der Waals surface area contributed by atoms with Crippen molar-refractivity contribution >= 4 is 73.9 Å². The van der Waals surface area contributed by atoms with Gasteiger partial charge in [0.15, 0.2) is 15.5 Å². The molecule has 0 spiro atoms. The van der Waals surface area contributed by atoms with Crippen LogP contribution in [-0.4, -0.2) is 104 Å². The number of hydrogen-bond acceptors (Lipinski definition) is 13. The molecule has 21 nitrogen and oxygen atoms in total. The molecule has 90 heavy (non-hydrogen) atoms. The zero-order valence-corrected chi connectivity index (χ0v) is 50.9. The van der Waals surface area contributed by atoms with Crippen molar-refractivity contribution in [3.63, 3.8) is 0 Å². The third-order valence-corrected chi connectivity index (χ3v) is 18.5. The molecule has 3 aromatic heterocycles. The number of fused-ring (bicyclic) bond motifs is 4. The minimum absolute atomic E-state index is 0.0500. The third kappa shape index (κ3) is 15.4. The quantitative estimate of drug-likeness (QED) is 0.0225. The number of hydrogen-bond donors (Lipinski definition) is 6. The van der Waals surface area contributed by atoms with E-state index < -0.39 is 204 Å². The standard InChI is InChI=1S/C55H52ClF10N8O13PS2/c1-26-13-28(18-40(75)67-22-43(78)79)46(39(14-26)87-88(80,81)82)51(2,3)21-41(76)72-90(85,86)24-38-45-36(56)10-9-33(48(45)74(70-38)25-53(59,60)61)32-8-7-31(11-12-52(4,5)89(6,83)84)68-47(32)37(17-27-15-29(57)19-30(58)16-27)69-42(77)23-73-50-44(49(71-73)55(64,65)66)34-20-35(34)54(50,62)63/h7-10,13-16,19,34-35,37H,17-18,20-25H2,1-6H3,(H,67,75)(H,69,77)(H,72,76)(H,78,79)(H2,80,81,82)/t34-,35+,37-/m0/s1. The predicted octanol–water partition coefficient (Wildman–Crippen LogP) is 8.13. The van der Waals surface area contributed by atoms with E-state index >= 15 is 8.78 Å². The number of alkyl halides is 8. The average molecular weight is 1350 g/mol. The Morgan fingerprint density at radius 2 is 1.54 bits per heavy atom. The fourth-order valence-corrected chi connectivity index (χ4v) is 12.7. The number of aliphatic carboxylic acids is 1. The van der Waals surface area contributed by atoms with E-state index in [-0.39, 0.29) is 54.9 Å². The molecule has 3 heterocycles. The first kappa shape index (κ1) is 68.3. The van der Waals surface area contributed by atoms with Crippen molar-refractivity contribution in [2.45, 2.75) is 120 Å². The number of phosphoric acid groups is 1. The van der Waals surface area contributed by atoms with Gasteiger partial charge in [0.25, 0.3) is 5.92 Å².